The molecule has 1 fully saturated rings. The van der Waals surface area contributed by atoms with Gasteiger partial charge >= 0.3 is 18.7 Å². The molecule has 1 aliphatic rings. The third-order valence-corrected chi connectivity index (χ3v) is 5.88. The number of anilines is 1. The zero-order valence-electron chi connectivity index (χ0n) is 19.8. The summed E-state index contributed by atoms with van der Waals surface area (Å²) < 4.78 is 101. The Kier molecular flexibility index (Phi) is 8.05. The number of aliphatic hydroxyl groups is 1. The molecule has 0 aliphatic heterocycles. The summed E-state index contributed by atoms with van der Waals surface area (Å²) in [7, 11) is 0. The molecule has 1 N–H and O–H groups in total. The Morgan fingerprint density at radius 2 is 1.47 bits per heavy atom. The van der Waals surface area contributed by atoms with Crippen LogP contribution in [0.2, 0.25) is 0 Å². The molecule has 0 radical (unpaired) electrons. The summed E-state index contributed by atoms with van der Waals surface area (Å²) in [5.41, 5.74) is 1.56. The van der Waals surface area contributed by atoms with Crippen LogP contribution in [0.1, 0.15) is 29.9 Å². The Bertz CT molecular complexity index is 1230. The average molecular weight is 543 g/mol. The van der Waals surface area contributed by atoms with E-state index >= 15 is 0 Å². The van der Waals surface area contributed by atoms with Crippen molar-refractivity contribution in [3.63, 3.8) is 0 Å². The zero-order chi connectivity index (χ0) is 27.5. The highest BCUT2D eigenvalue weighted by Gasteiger charge is 2.44. The van der Waals surface area contributed by atoms with Crippen molar-refractivity contribution >= 4 is 5.69 Å². The number of alkyl halides is 7. The highest BCUT2D eigenvalue weighted by molar-refractivity contribution is 5.52. The quantitative estimate of drug-likeness (QED) is 0.254. The Labute approximate surface area is 214 Å². The lowest BCUT2D eigenvalue weighted by molar-refractivity contribution is -0.253. The highest BCUT2D eigenvalue weighted by atomic mass is 19.4. The molecule has 4 rings (SSSR count). The van der Waals surface area contributed by atoms with E-state index in [1.165, 1.54) is 29.2 Å². The molecule has 3 aromatic carbocycles. The van der Waals surface area contributed by atoms with E-state index < -0.39 is 37.1 Å². The smallest absolute Gasteiger partial charge is 0.457 e. The Morgan fingerprint density at radius 1 is 0.842 bits per heavy atom. The number of benzene rings is 3. The zero-order valence-corrected chi connectivity index (χ0v) is 19.8. The van der Waals surface area contributed by atoms with Crippen molar-refractivity contribution in [3.05, 3.63) is 83.9 Å². The van der Waals surface area contributed by atoms with Gasteiger partial charge in [0.25, 0.3) is 0 Å². The maximum atomic E-state index is 13.3. The summed E-state index contributed by atoms with van der Waals surface area (Å²) in [6.07, 6.45) is -14.3. The van der Waals surface area contributed by atoms with Gasteiger partial charge in [-0.1, -0.05) is 30.3 Å². The van der Waals surface area contributed by atoms with Gasteiger partial charge in [0, 0.05) is 18.3 Å². The van der Waals surface area contributed by atoms with Crippen molar-refractivity contribution in [3.8, 4) is 17.2 Å². The second-order valence-electron chi connectivity index (χ2n) is 9.00. The molecule has 0 unspecified atom stereocenters. The van der Waals surface area contributed by atoms with E-state index in [1.54, 1.807) is 18.2 Å². The van der Waals surface area contributed by atoms with Crippen LogP contribution in [0.15, 0.2) is 72.8 Å². The predicted molar refractivity (Wildman–Crippen MR) is 126 cm³/mol. The topological polar surface area (TPSA) is 41.9 Å². The fraction of sp³-hybridized carbons (Fsp3) is 0.333. The third-order valence-electron chi connectivity index (χ3n) is 5.88. The SMILES string of the molecule is O[C@H](CN(Cc1cccc(OC(F)(F)C(F)F)c1)c1cccc(Oc2cccc(C3CC3)c2)c1)C(F)(F)F. The van der Waals surface area contributed by atoms with Gasteiger partial charge in [0.2, 0.25) is 0 Å². The van der Waals surface area contributed by atoms with Crippen LogP contribution in [0.4, 0.5) is 36.4 Å². The first-order valence-electron chi connectivity index (χ1n) is 11.7. The summed E-state index contributed by atoms with van der Waals surface area (Å²) >= 11 is 0. The molecule has 11 heteroatoms. The van der Waals surface area contributed by atoms with Crippen LogP contribution in [0, 0.1) is 0 Å². The van der Waals surface area contributed by atoms with Crippen molar-refractivity contribution < 1.29 is 45.3 Å². The van der Waals surface area contributed by atoms with Crippen LogP contribution >= 0.6 is 0 Å². The largest absolute Gasteiger partial charge is 0.461 e. The summed E-state index contributed by atoms with van der Waals surface area (Å²) in [5, 5.41) is 9.75. The second-order valence-corrected chi connectivity index (χ2v) is 9.00. The van der Waals surface area contributed by atoms with Crippen LogP contribution in [0.5, 0.6) is 17.2 Å². The average Bonchev–Trinajstić information content (AvgIpc) is 3.69. The van der Waals surface area contributed by atoms with Crippen molar-refractivity contribution in [2.75, 3.05) is 11.4 Å². The molecule has 0 spiro atoms. The van der Waals surface area contributed by atoms with Crippen LogP contribution in [-0.4, -0.2) is 36.5 Å². The molecule has 0 saturated heterocycles. The van der Waals surface area contributed by atoms with E-state index in [9.17, 15) is 35.8 Å². The summed E-state index contributed by atoms with van der Waals surface area (Å²) in [6, 6.07) is 18.4. The number of aliphatic hydroxyl groups excluding tert-OH is 1. The number of hydrogen-bond acceptors (Lipinski definition) is 4. The van der Waals surface area contributed by atoms with Gasteiger partial charge in [-0.2, -0.15) is 30.7 Å². The normalized spacial score (nSPS) is 14.9. The van der Waals surface area contributed by atoms with Gasteiger partial charge in [-0.3, -0.25) is 0 Å². The standard InChI is InChI=1S/C27H24F7NO3/c28-25(29)27(33,34)38-23-9-1-4-17(12-23)15-35(16-24(36)26(30,31)32)20-6-3-8-22(14-20)37-21-7-2-5-19(13-21)18-10-11-18/h1-9,12-14,18,24-25,36H,10-11,15-16H2/t24-/m1/s1. The van der Waals surface area contributed by atoms with E-state index in [0.717, 1.165) is 30.5 Å². The van der Waals surface area contributed by atoms with E-state index in [2.05, 4.69) is 4.74 Å². The first-order valence-corrected chi connectivity index (χ1v) is 11.7. The lowest BCUT2D eigenvalue weighted by atomic mass is 10.1. The van der Waals surface area contributed by atoms with E-state index in [4.69, 9.17) is 4.74 Å². The molecule has 0 amide bonds. The van der Waals surface area contributed by atoms with Gasteiger partial charge in [-0.15, -0.1) is 0 Å². The van der Waals surface area contributed by atoms with Gasteiger partial charge in [0.05, 0.1) is 6.54 Å². The molecule has 0 aromatic heterocycles. The molecule has 1 atom stereocenters. The minimum Gasteiger partial charge on any atom is -0.457 e. The lowest BCUT2D eigenvalue weighted by Gasteiger charge is -2.29. The third kappa shape index (κ3) is 7.31. The van der Waals surface area contributed by atoms with Crippen molar-refractivity contribution in [1.29, 1.82) is 0 Å². The molecule has 4 nitrogen and oxygen atoms in total. The minimum absolute atomic E-state index is 0.186. The molecule has 38 heavy (non-hydrogen) atoms. The Morgan fingerprint density at radius 3 is 2.13 bits per heavy atom. The fourth-order valence-electron chi connectivity index (χ4n) is 3.83. The second kappa shape index (κ2) is 11.1. The summed E-state index contributed by atoms with van der Waals surface area (Å²) in [5.74, 6) is 0.787. The van der Waals surface area contributed by atoms with E-state index in [1.807, 2.05) is 18.2 Å². The summed E-state index contributed by atoms with van der Waals surface area (Å²) in [6.45, 7) is -1.17. The van der Waals surface area contributed by atoms with Crippen LogP contribution in [0.25, 0.3) is 0 Å². The molecular formula is C27H24F7NO3. The predicted octanol–water partition coefficient (Wildman–Crippen LogP) is 7.52. The maximum Gasteiger partial charge on any atom is 0.461 e. The van der Waals surface area contributed by atoms with Crippen molar-refractivity contribution in [2.24, 2.45) is 0 Å². The van der Waals surface area contributed by atoms with Crippen LogP contribution < -0.4 is 14.4 Å². The fourth-order valence-corrected chi connectivity index (χ4v) is 3.83. The van der Waals surface area contributed by atoms with Gasteiger partial charge in [-0.25, -0.2) is 0 Å². The monoisotopic (exact) mass is 543 g/mol. The van der Waals surface area contributed by atoms with Crippen molar-refractivity contribution in [2.45, 2.75) is 50.1 Å². The van der Waals surface area contributed by atoms with Crippen LogP contribution in [-0.2, 0) is 6.54 Å². The number of hydrogen-bond donors (Lipinski definition) is 1. The van der Waals surface area contributed by atoms with Gasteiger partial charge in [0.1, 0.15) is 17.2 Å². The number of rotatable bonds is 11. The molecule has 3 aromatic rings. The molecule has 1 aliphatic carbocycles. The van der Waals surface area contributed by atoms with E-state index in [-0.39, 0.29) is 17.8 Å². The van der Waals surface area contributed by atoms with Crippen LogP contribution in [0.3, 0.4) is 0 Å². The minimum atomic E-state index is -4.92. The molecule has 1 saturated carbocycles. The van der Waals surface area contributed by atoms with E-state index in [0.29, 0.717) is 17.4 Å². The number of ether oxygens (including phenoxy) is 2. The van der Waals surface area contributed by atoms with Gasteiger partial charge in [0.15, 0.2) is 6.10 Å². The molecule has 0 heterocycles. The number of nitrogens with zero attached hydrogens (tertiary/aromatic N) is 1. The Balaban J connectivity index is 1.57. The molecular weight excluding hydrogens is 519 g/mol. The van der Waals surface area contributed by atoms with Crippen molar-refractivity contribution in [1.82, 2.24) is 0 Å². The first kappa shape index (κ1) is 27.6. The lowest BCUT2D eigenvalue weighted by Crippen LogP contribution is -2.40. The molecule has 0 bridgehead atoms. The highest BCUT2D eigenvalue weighted by Crippen LogP contribution is 2.41. The van der Waals surface area contributed by atoms with Gasteiger partial charge in [-0.05, 0) is 66.3 Å². The summed E-state index contributed by atoms with van der Waals surface area (Å²) in [4.78, 5) is 1.18. The Hall–Kier alpha value is -3.47. The maximum absolute atomic E-state index is 13.3. The first-order chi connectivity index (χ1) is 17.9. The molecule has 204 valence electrons. The number of halogens is 7. The van der Waals surface area contributed by atoms with Gasteiger partial charge < -0.3 is 19.5 Å².